The Morgan fingerprint density at radius 1 is 0.875 bits per heavy atom. The maximum Gasteiger partial charge on any atom is 0.258 e. The summed E-state index contributed by atoms with van der Waals surface area (Å²) in [6.07, 6.45) is -0.297. The van der Waals surface area contributed by atoms with E-state index in [1.807, 2.05) is 81.4 Å². The second kappa shape index (κ2) is 5.13. The fraction of sp³-hybridized carbons (Fsp3) is 0.286. The van der Waals surface area contributed by atoms with Crippen LogP contribution in [-0.4, -0.2) is 17.7 Å². The van der Waals surface area contributed by atoms with E-state index < -0.39 is 11.4 Å². The molecule has 0 aromatic heterocycles. The molecule has 122 valence electrons. The molecule has 24 heavy (non-hydrogen) atoms. The number of benzene rings is 2. The van der Waals surface area contributed by atoms with Crippen LogP contribution in [0.1, 0.15) is 31.9 Å². The molecule has 1 aliphatic carbocycles. The van der Waals surface area contributed by atoms with Crippen LogP contribution in [0.5, 0.6) is 0 Å². The van der Waals surface area contributed by atoms with Crippen LogP contribution in [0.15, 0.2) is 71.8 Å². The summed E-state index contributed by atoms with van der Waals surface area (Å²) in [7, 11) is 0. The van der Waals surface area contributed by atoms with Gasteiger partial charge in [-0.15, -0.1) is 0 Å². The number of carbonyl (C=O) groups is 1. The number of ketones is 1. The number of rotatable bonds is 2. The van der Waals surface area contributed by atoms with Gasteiger partial charge in [0.25, 0.3) is 5.79 Å². The van der Waals surface area contributed by atoms with Crippen molar-refractivity contribution in [1.82, 2.24) is 0 Å². The van der Waals surface area contributed by atoms with Crippen molar-refractivity contribution in [3.05, 3.63) is 82.9 Å². The minimum absolute atomic E-state index is 0.0689. The largest absolute Gasteiger partial charge is 0.333 e. The third-order valence-electron chi connectivity index (χ3n) is 5.32. The number of carbonyl (C=O) groups excluding carboxylic acids is 1. The van der Waals surface area contributed by atoms with Crippen molar-refractivity contribution in [3.63, 3.8) is 0 Å². The predicted molar refractivity (Wildman–Crippen MR) is 91.4 cm³/mol. The van der Waals surface area contributed by atoms with Gasteiger partial charge in [-0.3, -0.25) is 4.79 Å². The van der Waals surface area contributed by atoms with E-state index >= 15 is 0 Å². The Hall–Kier alpha value is -2.23. The fourth-order valence-corrected chi connectivity index (χ4v) is 3.83. The highest BCUT2D eigenvalue weighted by atomic mass is 16.8. The lowest BCUT2D eigenvalue weighted by molar-refractivity contribution is -0.184. The van der Waals surface area contributed by atoms with Crippen LogP contribution in [0.4, 0.5) is 0 Å². The smallest absolute Gasteiger partial charge is 0.258 e. The molecule has 0 N–H and O–H groups in total. The molecular formula is C21H20O3. The summed E-state index contributed by atoms with van der Waals surface area (Å²) >= 11 is 0. The average Bonchev–Trinajstić information content (AvgIpc) is 2.98. The zero-order chi connectivity index (χ0) is 16.9. The highest BCUT2D eigenvalue weighted by Gasteiger charge is 2.65. The van der Waals surface area contributed by atoms with Crippen LogP contribution in [0.25, 0.3) is 0 Å². The topological polar surface area (TPSA) is 35.5 Å². The van der Waals surface area contributed by atoms with Gasteiger partial charge >= 0.3 is 0 Å². The molecule has 3 heteroatoms. The molecule has 1 unspecified atom stereocenters. The molecule has 0 saturated carbocycles. The first-order valence-electron chi connectivity index (χ1n) is 8.24. The highest BCUT2D eigenvalue weighted by Crippen LogP contribution is 2.55. The van der Waals surface area contributed by atoms with E-state index in [1.54, 1.807) is 0 Å². The van der Waals surface area contributed by atoms with Crippen molar-refractivity contribution < 1.29 is 14.3 Å². The molecule has 3 nitrogen and oxygen atoms in total. The maximum absolute atomic E-state index is 12.6. The Morgan fingerprint density at radius 3 is 1.83 bits per heavy atom. The lowest BCUT2D eigenvalue weighted by Gasteiger charge is -2.39. The van der Waals surface area contributed by atoms with E-state index in [2.05, 4.69) is 0 Å². The normalized spacial score (nSPS) is 28.3. The molecule has 1 spiro atoms. The van der Waals surface area contributed by atoms with Gasteiger partial charge in [0.2, 0.25) is 5.78 Å². The molecule has 2 aromatic rings. The van der Waals surface area contributed by atoms with Crippen LogP contribution in [0.3, 0.4) is 0 Å². The monoisotopic (exact) mass is 320 g/mol. The van der Waals surface area contributed by atoms with Crippen LogP contribution >= 0.6 is 0 Å². The quantitative estimate of drug-likeness (QED) is 0.839. The van der Waals surface area contributed by atoms with Gasteiger partial charge in [-0.05, 0) is 31.9 Å². The van der Waals surface area contributed by atoms with Crippen LogP contribution in [-0.2, 0) is 19.9 Å². The van der Waals surface area contributed by atoms with E-state index in [1.165, 1.54) is 0 Å². The number of hydrogen-bond donors (Lipinski definition) is 0. The lowest BCUT2D eigenvalue weighted by Crippen LogP contribution is -2.51. The van der Waals surface area contributed by atoms with Crippen LogP contribution in [0.2, 0.25) is 0 Å². The van der Waals surface area contributed by atoms with Gasteiger partial charge in [-0.2, -0.15) is 0 Å². The first kappa shape index (κ1) is 15.3. The molecule has 4 rings (SSSR count). The van der Waals surface area contributed by atoms with Crippen LogP contribution in [0, 0.1) is 0 Å². The van der Waals surface area contributed by atoms with Gasteiger partial charge in [0.15, 0.2) is 0 Å². The number of Topliss-reactive ketones (excluding diaryl/α,β-unsaturated/α-hetero) is 1. The van der Waals surface area contributed by atoms with Crippen molar-refractivity contribution in [2.24, 2.45) is 0 Å². The summed E-state index contributed by atoms with van der Waals surface area (Å²) in [5.41, 5.74) is 2.78. The molecule has 0 bridgehead atoms. The molecule has 1 heterocycles. The summed E-state index contributed by atoms with van der Waals surface area (Å²) in [5, 5.41) is 0. The van der Waals surface area contributed by atoms with Gasteiger partial charge in [0.05, 0.1) is 6.10 Å². The van der Waals surface area contributed by atoms with E-state index in [0.717, 1.165) is 22.3 Å². The van der Waals surface area contributed by atoms with Gasteiger partial charge in [0.1, 0.15) is 5.60 Å². The Morgan fingerprint density at radius 2 is 1.38 bits per heavy atom. The molecule has 2 aliphatic rings. The fourth-order valence-electron chi connectivity index (χ4n) is 3.83. The Balaban J connectivity index is 1.92. The van der Waals surface area contributed by atoms with Crippen molar-refractivity contribution in [2.75, 3.05) is 0 Å². The van der Waals surface area contributed by atoms with Crippen molar-refractivity contribution in [3.8, 4) is 0 Å². The summed E-state index contributed by atoms with van der Waals surface area (Å²) < 4.78 is 12.7. The molecule has 2 atom stereocenters. The Kier molecular flexibility index (Phi) is 3.27. The molecule has 0 amide bonds. The molecule has 1 fully saturated rings. The molecular weight excluding hydrogens is 300 g/mol. The summed E-state index contributed by atoms with van der Waals surface area (Å²) in [6, 6.07) is 20.0. The third kappa shape index (κ3) is 1.77. The minimum atomic E-state index is -1.24. The Labute approximate surface area is 141 Å². The lowest BCUT2D eigenvalue weighted by atomic mass is 9.80. The van der Waals surface area contributed by atoms with Crippen LogP contribution < -0.4 is 0 Å². The van der Waals surface area contributed by atoms with E-state index in [0.29, 0.717) is 0 Å². The first-order valence-corrected chi connectivity index (χ1v) is 8.24. The average molecular weight is 320 g/mol. The molecule has 2 aromatic carbocycles. The SMILES string of the molecule is CC1=C(C)C2(O[C@H](C)C(c3ccccc3)(c3ccccc3)O2)C1=O. The van der Waals surface area contributed by atoms with Crippen molar-refractivity contribution in [2.45, 2.75) is 38.3 Å². The summed E-state index contributed by atoms with van der Waals surface area (Å²) in [4.78, 5) is 12.6. The zero-order valence-corrected chi connectivity index (χ0v) is 14.1. The van der Waals surface area contributed by atoms with Gasteiger partial charge in [-0.1, -0.05) is 60.7 Å². The van der Waals surface area contributed by atoms with E-state index in [4.69, 9.17) is 9.47 Å². The minimum Gasteiger partial charge on any atom is -0.333 e. The number of hydrogen-bond acceptors (Lipinski definition) is 3. The van der Waals surface area contributed by atoms with E-state index in [9.17, 15) is 4.79 Å². The molecule has 0 radical (unpaired) electrons. The van der Waals surface area contributed by atoms with Gasteiger partial charge in [-0.25, -0.2) is 0 Å². The first-order chi connectivity index (χ1) is 11.5. The summed E-state index contributed by atoms with van der Waals surface area (Å²) in [6.45, 7) is 5.71. The molecule has 1 saturated heterocycles. The zero-order valence-electron chi connectivity index (χ0n) is 14.1. The highest BCUT2D eigenvalue weighted by molar-refractivity contribution is 6.11. The standard InChI is InChI=1S/C21H20O3/c1-14-15(2)21(19(14)22)23-16(3)20(24-21,17-10-6-4-7-11-17)18-12-8-5-9-13-18/h4-13,16H,1-3H3/t16-,21?/m1/s1. The maximum atomic E-state index is 12.6. The predicted octanol–water partition coefficient (Wildman–Crippen LogP) is 3.98. The second-order valence-electron chi connectivity index (χ2n) is 6.53. The van der Waals surface area contributed by atoms with Crippen molar-refractivity contribution >= 4 is 5.78 Å². The third-order valence-corrected chi connectivity index (χ3v) is 5.32. The van der Waals surface area contributed by atoms with Gasteiger partial charge < -0.3 is 9.47 Å². The second-order valence-corrected chi connectivity index (χ2v) is 6.53. The van der Waals surface area contributed by atoms with E-state index in [-0.39, 0.29) is 11.9 Å². The molecule has 1 aliphatic heterocycles. The van der Waals surface area contributed by atoms with Crippen molar-refractivity contribution in [1.29, 1.82) is 0 Å². The van der Waals surface area contributed by atoms with Gasteiger partial charge in [0, 0.05) is 11.1 Å². The summed E-state index contributed by atoms with van der Waals surface area (Å²) in [5.74, 6) is -1.31. The Bertz CT molecular complexity index is 783. The number of ether oxygens (including phenoxy) is 2.